The molecule has 1 unspecified atom stereocenters. The summed E-state index contributed by atoms with van der Waals surface area (Å²) in [5, 5.41) is 6.74. The molecule has 7 nitrogen and oxygen atoms in total. The number of aromatic nitrogens is 1. The highest BCUT2D eigenvalue weighted by atomic mass is 19.1. The van der Waals surface area contributed by atoms with Gasteiger partial charge in [0.25, 0.3) is 0 Å². The number of carbonyl (C=O) groups is 1. The van der Waals surface area contributed by atoms with Crippen LogP contribution in [-0.4, -0.2) is 30.2 Å². The van der Waals surface area contributed by atoms with Crippen LogP contribution in [0.2, 0.25) is 0 Å². The summed E-state index contributed by atoms with van der Waals surface area (Å²) < 4.78 is 24.8. The van der Waals surface area contributed by atoms with Gasteiger partial charge in [-0.3, -0.25) is 4.79 Å². The van der Waals surface area contributed by atoms with Gasteiger partial charge in [-0.25, -0.2) is 9.38 Å². The Hall–Kier alpha value is -3.68. The molecule has 0 spiro atoms. The number of carbonyl (C=O) groups excluding carboxylic acids is 1. The van der Waals surface area contributed by atoms with Crippen molar-refractivity contribution >= 4 is 11.9 Å². The molecule has 0 amide bonds. The predicted molar refractivity (Wildman–Crippen MR) is 116 cm³/mol. The van der Waals surface area contributed by atoms with E-state index >= 15 is 0 Å². The first kappa shape index (κ1) is 22.0. The lowest BCUT2D eigenvalue weighted by atomic mass is 9.94. The van der Waals surface area contributed by atoms with Crippen LogP contribution in [0.1, 0.15) is 36.8 Å². The molecular weight excluding hydrogens is 399 g/mol. The summed E-state index contributed by atoms with van der Waals surface area (Å²) in [5.41, 5.74) is 8.56. The minimum Gasteiger partial charge on any atom is -0.465 e. The Labute approximate surface area is 180 Å². The number of nitrogens with two attached hydrogens (primary N) is 1. The fourth-order valence-corrected chi connectivity index (χ4v) is 3.02. The monoisotopic (exact) mass is 424 g/mol. The van der Waals surface area contributed by atoms with Crippen molar-refractivity contribution in [1.82, 2.24) is 10.5 Å². The number of rotatable bonds is 8. The molecule has 3 rings (SSSR count). The van der Waals surface area contributed by atoms with Crippen LogP contribution in [0.25, 0.3) is 11.1 Å². The van der Waals surface area contributed by atoms with Gasteiger partial charge in [0.15, 0.2) is 11.7 Å². The Morgan fingerprint density at radius 2 is 2.03 bits per heavy atom. The molecule has 1 heterocycles. The second kappa shape index (κ2) is 10.4. The van der Waals surface area contributed by atoms with Gasteiger partial charge in [-0.1, -0.05) is 54.5 Å². The fourth-order valence-electron chi connectivity index (χ4n) is 3.02. The molecule has 2 aromatic carbocycles. The maximum absolute atomic E-state index is 14.7. The average molecular weight is 424 g/mol. The maximum atomic E-state index is 14.7. The van der Waals surface area contributed by atoms with E-state index in [-0.39, 0.29) is 30.8 Å². The van der Waals surface area contributed by atoms with E-state index in [1.807, 2.05) is 43.3 Å². The van der Waals surface area contributed by atoms with E-state index in [9.17, 15) is 9.18 Å². The highest BCUT2D eigenvalue weighted by molar-refractivity contribution is 5.83. The third-order valence-electron chi connectivity index (χ3n) is 4.72. The molecule has 1 aromatic heterocycles. The van der Waals surface area contributed by atoms with Crippen LogP contribution in [0.15, 0.2) is 64.1 Å². The maximum Gasteiger partial charge on any atom is 0.325 e. The Kier molecular flexibility index (Phi) is 7.37. The summed E-state index contributed by atoms with van der Waals surface area (Å²) in [6.45, 7) is 4.05. The highest BCUT2D eigenvalue weighted by Gasteiger charge is 2.16. The molecule has 0 saturated heterocycles. The number of hydrogen-bond donors (Lipinski definition) is 2. The van der Waals surface area contributed by atoms with Crippen molar-refractivity contribution in [3.8, 4) is 11.1 Å². The molecule has 162 valence electrons. The zero-order chi connectivity index (χ0) is 22.2. The molecule has 3 aromatic rings. The summed E-state index contributed by atoms with van der Waals surface area (Å²) in [6, 6.07) is 16.4. The molecule has 0 bridgehead atoms. The smallest absolute Gasteiger partial charge is 0.325 e. The summed E-state index contributed by atoms with van der Waals surface area (Å²) in [5.74, 6) is -0.270. The fraction of sp³-hybridized carbons (Fsp3) is 0.261. The van der Waals surface area contributed by atoms with E-state index in [1.54, 1.807) is 19.1 Å². The molecule has 1 atom stereocenters. The first-order valence-corrected chi connectivity index (χ1v) is 9.97. The Morgan fingerprint density at radius 3 is 2.74 bits per heavy atom. The zero-order valence-electron chi connectivity index (χ0n) is 17.5. The number of aliphatic imine (C=N–C) groups is 1. The highest BCUT2D eigenvalue weighted by Crippen LogP contribution is 2.29. The zero-order valence-corrected chi connectivity index (χ0v) is 17.5. The van der Waals surface area contributed by atoms with Crippen LogP contribution in [-0.2, 0) is 16.1 Å². The van der Waals surface area contributed by atoms with Gasteiger partial charge in [0.1, 0.15) is 18.9 Å². The number of esters is 1. The summed E-state index contributed by atoms with van der Waals surface area (Å²) in [6.07, 6.45) is 0. The second-order valence-electron chi connectivity index (χ2n) is 6.91. The van der Waals surface area contributed by atoms with Gasteiger partial charge in [-0.15, -0.1) is 0 Å². The molecule has 0 aliphatic rings. The predicted octanol–water partition coefficient (Wildman–Crippen LogP) is 3.60. The first-order valence-electron chi connectivity index (χ1n) is 9.97. The molecule has 0 fully saturated rings. The van der Waals surface area contributed by atoms with Gasteiger partial charge in [0.05, 0.1) is 12.3 Å². The summed E-state index contributed by atoms with van der Waals surface area (Å²) in [7, 11) is 0. The topological polar surface area (TPSA) is 103 Å². The second-order valence-corrected chi connectivity index (χ2v) is 6.91. The van der Waals surface area contributed by atoms with Crippen molar-refractivity contribution in [2.75, 3.05) is 13.2 Å². The van der Waals surface area contributed by atoms with Crippen molar-refractivity contribution in [2.45, 2.75) is 26.3 Å². The standard InChI is InChI=1S/C23H25FN4O3/c1-3-30-22(29)14-27-23(25)26-13-18-12-21(28-31-18)15(2)17-9-10-19(20(24)11-17)16-7-5-4-6-8-16/h4-12,15H,3,13-14H2,1-2H3,(H3,25,26,27). The van der Waals surface area contributed by atoms with Crippen molar-refractivity contribution in [2.24, 2.45) is 10.7 Å². The van der Waals surface area contributed by atoms with Crippen LogP contribution < -0.4 is 11.1 Å². The number of guanidine groups is 1. The van der Waals surface area contributed by atoms with E-state index in [0.29, 0.717) is 23.6 Å². The van der Waals surface area contributed by atoms with Crippen molar-refractivity contribution in [3.63, 3.8) is 0 Å². The molecule has 0 aliphatic heterocycles. The molecule has 8 heteroatoms. The molecule has 0 saturated carbocycles. The lowest BCUT2D eigenvalue weighted by Crippen LogP contribution is -2.36. The molecule has 31 heavy (non-hydrogen) atoms. The van der Waals surface area contributed by atoms with E-state index in [1.165, 1.54) is 6.07 Å². The van der Waals surface area contributed by atoms with Gasteiger partial charge >= 0.3 is 5.97 Å². The van der Waals surface area contributed by atoms with Crippen molar-refractivity contribution in [1.29, 1.82) is 0 Å². The lowest BCUT2D eigenvalue weighted by molar-refractivity contribution is -0.141. The van der Waals surface area contributed by atoms with Crippen LogP contribution in [0.5, 0.6) is 0 Å². The minimum atomic E-state index is -0.415. The number of halogens is 1. The lowest BCUT2D eigenvalue weighted by Gasteiger charge is -2.11. The Bertz CT molecular complexity index is 1050. The quantitative estimate of drug-likeness (QED) is 0.325. The number of benzene rings is 2. The molecule has 3 N–H and O–H groups in total. The largest absolute Gasteiger partial charge is 0.465 e. The van der Waals surface area contributed by atoms with Crippen molar-refractivity contribution in [3.05, 3.63) is 77.4 Å². The minimum absolute atomic E-state index is 0.0631. The van der Waals surface area contributed by atoms with Gasteiger partial charge < -0.3 is 20.3 Å². The van der Waals surface area contributed by atoms with E-state index < -0.39 is 5.97 Å². The summed E-state index contributed by atoms with van der Waals surface area (Å²) >= 11 is 0. The first-order chi connectivity index (χ1) is 15.0. The number of ether oxygens (including phenoxy) is 1. The third kappa shape index (κ3) is 5.91. The van der Waals surface area contributed by atoms with E-state index in [4.69, 9.17) is 15.0 Å². The molecule has 0 aliphatic carbocycles. The van der Waals surface area contributed by atoms with Crippen LogP contribution >= 0.6 is 0 Å². The molecular formula is C23H25FN4O3. The summed E-state index contributed by atoms with van der Waals surface area (Å²) in [4.78, 5) is 15.4. The SMILES string of the molecule is CCOC(=O)CNC(N)=NCc1cc(C(C)c2ccc(-c3ccccc3)c(F)c2)no1. The molecule has 0 radical (unpaired) electrons. The number of nitrogens with one attached hydrogen (secondary N) is 1. The van der Waals surface area contributed by atoms with Gasteiger partial charge in [-0.05, 0) is 24.1 Å². The van der Waals surface area contributed by atoms with E-state index in [0.717, 1.165) is 11.1 Å². The number of hydrogen-bond acceptors (Lipinski definition) is 5. The van der Waals surface area contributed by atoms with E-state index in [2.05, 4.69) is 15.5 Å². The Morgan fingerprint density at radius 1 is 1.26 bits per heavy atom. The average Bonchev–Trinajstić information content (AvgIpc) is 3.25. The normalized spacial score (nSPS) is 12.4. The van der Waals surface area contributed by atoms with Gasteiger partial charge in [0, 0.05) is 17.5 Å². The third-order valence-corrected chi connectivity index (χ3v) is 4.72. The Balaban J connectivity index is 1.63. The van der Waals surface area contributed by atoms with Crippen LogP contribution in [0.4, 0.5) is 4.39 Å². The van der Waals surface area contributed by atoms with Gasteiger partial charge in [0.2, 0.25) is 0 Å². The number of nitrogens with zero attached hydrogens (tertiary/aromatic N) is 2. The van der Waals surface area contributed by atoms with Crippen molar-refractivity contribution < 1.29 is 18.4 Å². The van der Waals surface area contributed by atoms with Gasteiger partial charge in [-0.2, -0.15) is 0 Å². The van der Waals surface area contributed by atoms with Crippen LogP contribution in [0, 0.1) is 5.82 Å². The van der Waals surface area contributed by atoms with Crippen LogP contribution in [0.3, 0.4) is 0 Å².